The summed E-state index contributed by atoms with van der Waals surface area (Å²) in [6, 6.07) is 4.29. The number of hydrogen-bond donors (Lipinski definition) is 3. The molecular weight excluding hydrogens is 232 g/mol. The molecular formula is C13H16N2O3. The minimum absolute atomic E-state index is 0.0747. The Balaban J connectivity index is 2.11. The molecule has 1 aromatic rings. The molecule has 0 saturated carbocycles. The number of piperidine rings is 1. The number of rotatable bonds is 2. The van der Waals surface area contributed by atoms with E-state index < -0.39 is 11.9 Å². The van der Waals surface area contributed by atoms with Gasteiger partial charge in [0.2, 0.25) is 5.91 Å². The molecule has 2 amide bonds. The minimum atomic E-state index is -0.508. The summed E-state index contributed by atoms with van der Waals surface area (Å²) in [6.45, 7) is 2.49. The number of aryl methyl sites for hydroxylation is 1. The third-order valence-electron chi connectivity index (χ3n) is 2.99. The van der Waals surface area contributed by atoms with Crippen LogP contribution in [0.3, 0.4) is 0 Å². The van der Waals surface area contributed by atoms with E-state index in [0.717, 1.165) is 12.0 Å². The molecule has 1 heterocycles. The second kappa shape index (κ2) is 5.08. The van der Waals surface area contributed by atoms with Crippen molar-refractivity contribution in [3.8, 4) is 5.75 Å². The van der Waals surface area contributed by atoms with Gasteiger partial charge in [-0.25, -0.2) is 0 Å². The molecule has 1 aliphatic heterocycles. The Labute approximate surface area is 105 Å². The Bertz CT molecular complexity index is 485. The average Bonchev–Trinajstić information content (AvgIpc) is 2.35. The predicted octanol–water partition coefficient (Wildman–Crippen LogP) is 0.709. The van der Waals surface area contributed by atoms with Crippen molar-refractivity contribution in [2.45, 2.75) is 25.8 Å². The lowest BCUT2D eigenvalue weighted by molar-refractivity contribution is -0.124. The van der Waals surface area contributed by atoms with E-state index in [4.69, 9.17) is 0 Å². The number of carbonyl (C=O) groups excluding carboxylic acids is 2. The van der Waals surface area contributed by atoms with Crippen molar-refractivity contribution >= 4 is 11.8 Å². The molecule has 5 nitrogen and oxygen atoms in total. The molecule has 1 aromatic carbocycles. The molecule has 0 aliphatic carbocycles. The van der Waals surface area contributed by atoms with Crippen LogP contribution in [-0.4, -0.2) is 29.5 Å². The summed E-state index contributed by atoms with van der Waals surface area (Å²) in [6.07, 6.45) is 1.47. The molecule has 1 saturated heterocycles. The third-order valence-corrected chi connectivity index (χ3v) is 2.99. The van der Waals surface area contributed by atoms with Crippen LogP contribution in [0, 0.1) is 6.92 Å². The van der Waals surface area contributed by atoms with Crippen LogP contribution >= 0.6 is 0 Å². The Kier molecular flexibility index (Phi) is 3.50. The SMILES string of the molecule is Cc1ccc(O)c(C(=O)N[C@@H]2CCCNC2=O)c1. The lowest BCUT2D eigenvalue weighted by Gasteiger charge is -2.22. The van der Waals surface area contributed by atoms with E-state index in [1.165, 1.54) is 6.07 Å². The number of phenolic OH excluding ortho intramolecular Hbond substituents is 1. The molecule has 1 aliphatic rings. The highest BCUT2D eigenvalue weighted by Crippen LogP contribution is 2.18. The van der Waals surface area contributed by atoms with Crippen LogP contribution in [-0.2, 0) is 4.79 Å². The molecule has 0 bridgehead atoms. The first kappa shape index (κ1) is 12.4. The van der Waals surface area contributed by atoms with Crippen molar-refractivity contribution in [1.29, 1.82) is 0 Å². The summed E-state index contributed by atoms with van der Waals surface area (Å²) in [7, 11) is 0. The fourth-order valence-electron chi connectivity index (χ4n) is 1.98. The summed E-state index contributed by atoms with van der Waals surface area (Å²) in [5, 5.41) is 15.0. The summed E-state index contributed by atoms with van der Waals surface area (Å²) in [5.74, 6) is -0.658. The molecule has 1 fully saturated rings. The number of nitrogens with one attached hydrogen (secondary N) is 2. The minimum Gasteiger partial charge on any atom is -0.507 e. The molecule has 1 atom stereocenters. The highest BCUT2D eigenvalue weighted by Gasteiger charge is 2.24. The second-order valence-electron chi connectivity index (χ2n) is 4.48. The molecule has 5 heteroatoms. The lowest BCUT2D eigenvalue weighted by Crippen LogP contribution is -2.50. The molecule has 0 aromatic heterocycles. The number of hydrogen-bond acceptors (Lipinski definition) is 3. The summed E-state index contributed by atoms with van der Waals surface area (Å²) in [4.78, 5) is 23.5. The van der Waals surface area contributed by atoms with Gasteiger partial charge in [0.25, 0.3) is 5.91 Å². The molecule has 18 heavy (non-hydrogen) atoms. The van der Waals surface area contributed by atoms with Crippen molar-refractivity contribution < 1.29 is 14.7 Å². The maximum atomic E-state index is 12.0. The van der Waals surface area contributed by atoms with Crippen LogP contribution in [0.1, 0.15) is 28.8 Å². The van der Waals surface area contributed by atoms with Gasteiger partial charge in [0, 0.05) is 6.54 Å². The van der Waals surface area contributed by atoms with Crippen LogP contribution in [0.15, 0.2) is 18.2 Å². The van der Waals surface area contributed by atoms with Gasteiger partial charge in [0.15, 0.2) is 0 Å². The molecule has 3 N–H and O–H groups in total. The van der Waals surface area contributed by atoms with Gasteiger partial charge in [-0.3, -0.25) is 9.59 Å². The fraction of sp³-hybridized carbons (Fsp3) is 0.385. The van der Waals surface area contributed by atoms with E-state index in [0.29, 0.717) is 13.0 Å². The van der Waals surface area contributed by atoms with E-state index in [1.54, 1.807) is 12.1 Å². The van der Waals surface area contributed by atoms with Crippen LogP contribution in [0.5, 0.6) is 5.75 Å². The number of amides is 2. The first-order chi connectivity index (χ1) is 8.58. The largest absolute Gasteiger partial charge is 0.507 e. The average molecular weight is 248 g/mol. The Hall–Kier alpha value is -2.04. The second-order valence-corrected chi connectivity index (χ2v) is 4.48. The molecule has 0 spiro atoms. The van der Waals surface area contributed by atoms with Gasteiger partial charge in [-0.15, -0.1) is 0 Å². The summed E-state index contributed by atoms with van der Waals surface area (Å²) < 4.78 is 0. The molecule has 0 radical (unpaired) electrons. The van der Waals surface area contributed by atoms with Crippen LogP contribution < -0.4 is 10.6 Å². The molecule has 96 valence electrons. The van der Waals surface area contributed by atoms with E-state index >= 15 is 0 Å². The Morgan fingerprint density at radius 2 is 2.28 bits per heavy atom. The first-order valence-electron chi connectivity index (χ1n) is 5.96. The van der Waals surface area contributed by atoms with Gasteiger partial charge in [0.05, 0.1) is 5.56 Å². The maximum absolute atomic E-state index is 12.0. The number of phenols is 1. The fourth-order valence-corrected chi connectivity index (χ4v) is 1.98. The van der Waals surface area contributed by atoms with Crippen LogP contribution in [0.4, 0.5) is 0 Å². The van der Waals surface area contributed by atoms with Crippen molar-refractivity contribution in [2.24, 2.45) is 0 Å². The molecule has 2 rings (SSSR count). The van der Waals surface area contributed by atoms with Gasteiger partial charge in [-0.1, -0.05) is 11.6 Å². The topological polar surface area (TPSA) is 78.4 Å². The normalized spacial score (nSPS) is 19.2. The Morgan fingerprint density at radius 3 is 3.00 bits per heavy atom. The van der Waals surface area contributed by atoms with Crippen molar-refractivity contribution in [3.05, 3.63) is 29.3 Å². The third kappa shape index (κ3) is 2.61. The summed E-state index contributed by atoms with van der Waals surface area (Å²) in [5.41, 5.74) is 1.08. The lowest BCUT2D eigenvalue weighted by atomic mass is 10.1. The Morgan fingerprint density at radius 1 is 1.50 bits per heavy atom. The highest BCUT2D eigenvalue weighted by atomic mass is 16.3. The van der Waals surface area contributed by atoms with E-state index in [9.17, 15) is 14.7 Å². The number of carbonyl (C=O) groups is 2. The smallest absolute Gasteiger partial charge is 0.255 e. The van der Waals surface area contributed by atoms with Gasteiger partial charge >= 0.3 is 0 Å². The van der Waals surface area contributed by atoms with Gasteiger partial charge < -0.3 is 15.7 Å². The zero-order valence-corrected chi connectivity index (χ0v) is 10.2. The molecule has 0 unspecified atom stereocenters. The summed E-state index contributed by atoms with van der Waals surface area (Å²) >= 11 is 0. The maximum Gasteiger partial charge on any atom is 0.255 e. The van der Waals surface area contributed by atoms with Gasteiger partial charge in [0.1, 0.15) is 11.8 Å². The predicted molar refractivity (Wildman–Crippen MR) is 66.3 cm³/mol. The first-order valence-corrected chi connectivity index (χ1v) is 5.96. The van der Waals surface area contributed by atoms with Crippen LogP contribution in [0.25, 0.3) is 0 Å². The van der Waals surface area contributed by atoms with Crippen molar-refractivity contribution in [3.63, 3.8) is 0 Å². The van der Waals surface area contributed by atoms with E-state index in [1.807, 2.05) is 6.92 Å². The van der Waals surface area contributed by atoms with E-state index in [-0.39, 0.29) is 17.2 Å². The van der Waals surface area contributed by atoms with Crippen molar-refractivity contribution in [1.82, 2.24) is 10.6 Å². The van der Waals surface area contributed by atoms with Gasteiger partial charge in [-0.2, -0.15) is 0 Å². The standard InChI is InChI=1S/C13H16N2O3/c1-8-4-5-11(16)9(7-8)12(17)15-10-3-2-6-14-13(10)18/h4-5,7,10,16H,2-3,6H2,1H3,(H,14,18)(H,15,17)/t10-/m1/s1. The highest BCUT2D eigenvalue weighted by molar-refractivity contribution is 5.99. The zero-order valence-electron chi connectivity index (χ0n) is 10.2. The zero-order chi connectivity index (χ0) is 13.1. The quantitative estimate of drug-likeness (QED) is 0.721. The van der Waals surface area contributed by atoms with Crippen molar-refractivity contribution in [2.75, 3.05) is 6.54 Å². The number of aromatic hydroxyl groups is 1. The monoisotopic (exact) mass is 248 g/mol. The van der Waals surface area contributed by atoms with E-state index in [2.05, 4.69) is 10.6 Å². The van der Waals surface area contributed by atoms with Gasteiger partial charge in [-0.05, 0) is 31.9 Å². The van der Waals surface area contributed by atoms with Crippen LogP contribution in [0.2, 0.25) is 0 Å². The number of benzene rings is 1.